The van der Waals surface area contributed by atoms with Gasteiger partial charge in [0.05, 0.1) is 52.0 Å². The van der Waals surface area contributed by atoms with Gasteiger partial charge in [-0.1, -0.05) is 77.1 Å². The van der Waals surface area contributed by atoms with Gasteiger partial charge in [0.2, 0.25) is 23.6 Å². The number of alkyl halides is 3. The number of nitrogens with zero attached hydrogens (tertiary/aromatic N) is 5. The number of thiazole rings is 1. The number of likely N-dealkylation sites (tertiary alicyclic amines) is 2. The first-order valence-electron chi connectivity index (χ1n) is 27.0. The maximum atomic E-state index is 14.2. The van der Waals surface area contributed by atoms with Crippen molar-refractivity contribution in [3.8, 4) is 16.2 Å². The molecule has 2 aliphatic rings. The Balaban J connectivity index is 0.878. The molecule has 0 bridgehead atoms. The molecule has 0 radical (unpaired) electrons. The Morgan fingerprint density at radius 3 is 2.18 bits per heavy atom. The molecule has 5 aromatic rings. The summed E-state index contributed by atoms with van der Waals surface area (Å²) in [5.41, 5.74) is 11.1. The highest BCUT2D eigenvalue weighted by Crippen LogP contribution is 2.40. The smallest absolute Gasteiger partial charge is 0.416 e. The largest absolute Gasteiger partial charge is 0.493 e. The van der Waals surface area contributed by atoms with E-state index in [0.717, 1.165) is 90.8 Å². The monoisotopic (exact) mass is 1080 g/mol. The molecule has 15 nitrogen and oxygen atoms in total. The minimum atomic E-state index is -4.55. The highest BCUT2D eigenvalue weighted by atomic mass is 32.1. The minimum Gasteiger partial charge on any atom is -0.493 e. The van der Waals surface area contributed by atoms with Crippen molar-refractivity contribution in [3.05, 3.63) is 93.9 Å². The van der Waals surface area contributed by atoms with Crippen molar-refractivity contribution in [2.45, 2.75) is 168 Å². The van der Waals surface area contributed by atoms with Crippen molar-refractivity contribution < 1.29 is 42.2 Å². The Kier molecular flexibility index (Phi) is 19.3. The van der Waals surface area contributed by atoms with Gasteiger partial charge in [0.25, 0.3) is 0 Å². The number of anilines is 2. The van der Waals surface area contributed by atoms with Crippen LogP contribution in [0.5, 0.6) is 5.75 Å². The van der Waals surface area contributed by atoms with Gasteiger partial charge in [0, 0.05) is 56.5 Å². The van der Waals surface area contributed by atoms with E-state index in [1.807, 2.05) is 81.4 Å². The van der Waals surface area contributed by atoms with Gasteiger partial charge >= 0.3 is 6.18 Å². The minimum absolute atomic E-state index is 0.000178. The third-order valence-corrected chi connectivity index (χ3v) is 15.8. The molecule has 6 N–H and O–H groups in total. The molecule has 3 aromatic carbocycles. The number of ether oxygens (including phenoxy) is 1. The third kappa shape index (κ3) is 15.2. The van der Waals surface area contributed by atoms with Crippen molar-refractivity contribution in [2.75, 3.05) is 37.3 Å². The predicted molar refractivity (Wildman–Crippen MR) is 295 cm³/mol. The molecule has 0 saturated carbocycles. The summed E-state index contributed by atoms with van der Waals surface area (Å²) in [4.78, 5) is 71.6. The summed E-state index contributed by atoms with van der Waals surface area (Å²) in [5.74, 6) is 0.827. The molecule has 2 fully saturated rings. The van der Waals surface area contributed by atoms with E-state index < -0.39 is 47.3 Å². The van der Waals surface area contributed by atoms with Crippen molar-refractivity contribution in [1.29, 1.82) is 0 Å². The number of nitrogens with two attached hydrogens (primary N) is 1. The van der Waals surface area contributed by atoms with Crippen molar-refractivity contribution in [2.24, 2.45) is 5.41 Å². The van der Waals surface area contributed by atoms with Gasteiger partial charge in [-0.2, -0.15) is 13.2 Å². The van der Waals surface area contributed by atoms with E-state index in [1.165, 1.54) is 11.0 Å². The average molecular weight is 1080 g/mol. The molecular formula is C58H76F3N9O6S. The van der Waals surface area contributed by atoms with Gasteiger partial charge in [-0.05, 0) is 111 Å². The highest BCUT2D eigenvalue weighted by molar-refractivity contribution is 7.13. The zero-order chi connectivity index (χ0) is 55.8. The third-order valence-electron chi connectivity index (χ3n) is 14.8. The number of aryl methyl sites for hydroxylation is 2. The summed E-state index contributed by atoms with van der Waals surface area (Å²) in [6, 6.07) is 12.7. The van der Waals surface area contributed by atoms with Crippen molar-refractivity contribution in [1.82, 2.24) is 35.4 Å². The number of carbonyl (C=O) groups excluding carboxylic acids is 4. The number of rotatable bonds is 21. The number of carbonyl (C=O) groups is 4. The van der Waals surface area contributed by atoms with E-state index in [1.54, 1.807) is 32.1 Å². The molecule has 19 heteroatoms. The Morgan fingerprint density at radius 2 is 1.55 bits per heavy atom. The van der Waals surface area contributed by atoms with E-state index in [9.17, 15) is 37.5 Å². The predicted octanol–water partition coefficient (Wildman–Crippen LogP) is 10.7. The number of aliphatic hydroxyl groups excluding tert-OH is 1. The summed E-state index contributed by atoms with van der Waals surface area (Å²) in [7, 11) is 0. The van der Waals surface area contributed by atoms with Gasteiger partial charge in [0.15, 0.2) is 0 Å². The van der Waals surface area contributed by atoms with Crippen molar-refractivity contribution in [3.63, 3.8) is 0 Å². The van der Waals surface area contributed by atoms with E-state index in [0.29, 0.717) is 60.0 Å². The number of benzene rings is 3. The van der Waals surface area contributed by atoms with E-state index in [-0.39, 0.29) is 54.8 Å². The fourth-order valence-electron chi connectivity index (χ4n) is 10.4. The van der Waals surface area contributed by atoms with Crippen molar-refractivity contribution >= 4 is 57.4 Å². The lowest BCUT2D eigenvalue weighted by molar-refractivity contribution is -0.144. The summed E-state index contributed by atoms with van der Waals surface area (Å²) in [6.45, 7) is 16.3. The fourth-order valence-corrected chi connectivity index (χ4v) is 11.2. The number of β-amino-alcohol motifs (C(OH)–C–C–N with tert-alkyl or cyclic N) is 1. The number of aromatic nitrogens is 3. The van der Waals surface area contributed by atoms with Gasteiger partial charge < -0.3 is 41.3 Å². The second-order valence-corrected chi connectivity index (χ2v) is 22.9. The molecule has 2 saturated heterocycles. The van der Waals surface area contributed by atoms with E-state index >= 15 is 0 Å². The number of hydrogen-bond acceptors (Lipinski definition) is 12. The van der Waals surface area contributed by atoms with Crippen LogP contribution in [-0.4, -0.2) is 97.9 Å². The first-order chi connectivity index (χ1) is 36.5. The van der Waals surface area contributed by atoms with Crippen LogP contribution in [0.25, 0.3) is 21.3 Å². The number of aliphatic hydroxyl groups is 1. The topological polar surface area (TPSA) is 205 Å². The van der Waals surface area contributed by atoms with Gasteiger partial charge in [0.1, 0.15) is 29.5 Å². The number of nitrogens with one attached hydrogen (secondary N) is 3. The summed E-state index contributed by atoms with van der Waals surface area (Å²) >= 11 is 1.57. The maximum Gasteiger partial charge on any atom is 0.416 e. The lowest BCUT2D eigenvalue weighted by atomic mass is 9.85. The van der Waals surface area contributed by atoms with Crippen LogP contribution in [0.1, 0.15) is 164 Å². The average Bonchev–Trinajstić information content (AvgIpc) is 4.01. The number of nitrogen functional groups attached to an aromatic ring is 1. The zero-order valence-corrected chi connectivity index (χ0v) is 46.5. The number of halogens is 3. The molecular weight excluding hydrogens is 1010 g/mol. The lowest BCUT2D eigenvalue weighted by Gasteiger charge is -2.35. The Hall–Kier alpha value is -6.34. The number of fused-ring (bicyclic) bond motifs is 1. The van der Waals surface area contributed by atoms with Gasteiger partial charge in [-0.25, -0.2) is 15.0 Å². The molecule has 7 rings (SSSR count). The zero-order valence-electron chi connectivity index (χ0n) is 45.7. The molecule has 4 amide bonds. The Morgan fingerprint density at radius 1 is 0.870 bits per heavy atom. The molecule has 4 heterocycles. The lowest BCUT2D eigenvalue weighted by Crippen LogP contribution is -2.57. The number of amides is 4. The molecule has 416 valence electrons. The van der Waals surface area contributed by atoms with Crippen LogP contribution in [0, 0.1) is 19.3 Å². The van der Waals surface area contributed by atoms with E-state index in [2.05, 4.69) is 20.9 Å². The molecule has 2 aliphatic heterocycles. The second kappa shape index (κ2) is 25.4. The summed E-state index contributed by atoms with van der Waals surface area (Å²) < 4.78 is 47.6. The summed E-state index contributed by atoms with van der Waals surface area (Å²) in [6.07, 6.45) is 2.58. The normalized spacial score (nSPS) is 17.5. The number of piperidine rings is 1. The second-order valence-electron chi connectivity index (χ2n) is 22.0. The van der Waals surface area contributed by atoms with Crippen LogP contribution in [0.4, 0.5) is 24.7 Å². The first kappa shape index (κ1) is 58.3. The van der Waals surface area contributed by atoms with Crippen LogP contribution in [0.15, 0.2) is 60.1 Å². The number of unbranched alkanes of at least 4 members (excludes halogenated alkanes) is 6. The molecule has 5 atom stereocenters. The quantitative estimate of drug-likeness (QED) is 0.0345. The van der Waals surface area contributed by atoms with Crippen LogP contribution in [0.3, 0.4) is 0 Å². The van der Waals surface area contributed by atoms with Crippen LogP contribution in [-0.2, 0) is 25.4 Å². The Labute approximate surface area is 454 Å². The fraction of sp³-hybridized carbons (Fsp3) is 0.534. The van der Waals surface area contributed by atoms with Crippen LogP contribution >= 0.6 is 11.3 Å². The van der Waals surface area contributed by atoms with Gasteiger partial charge in [-0.15, -0.1) is 11.3 Å². The molecule has 0 aliphatic carbocycles. The highest BCUT2D eigenvalue weighted by Gasteiger charge is 2.45. The van der Waals surface area contributed by atoms with E-state index in [4.69, 9.17) is 20.4 Å². The molecule has 0 unspecified atom stereocenters. The molecule has 2 aromatic heterocycles. The van der Waals surface area contributed by atoms with Crippen LogP contribution in [0.2, 0.25) is 0 Å². The first-order valence-corrected chi connectivity index (χ1v) is 27.9. The standard InChI is InChI=1S/C58H76F3N9O6S/c1-34(39-17-19-41(20-18-39)52-36(3)63-33-77-52)65-55(74)49-29-45(72)32-70(49)56(75)53(57(6,7)8)68-51(73)16-14-12-10-9-11-13-15-25-76-50-31-48-47(30-46(50)40-21-23-69(24-22-40)38(5)71)54(67-37(4)66-48)64-35(2)42-26-43(58(59,60)61)28-44(62)27-42/h17-20,26-28,30-31,33-35,40,45,49,53,72H,9-16,21-25,29,32,62H2,1-8H3,(H,65,74)(H,68,73)(H,64,66,67)/t34-,35+,45+,49-,53+/m0/s1. The van der Waals surface area contributed by atoms with Crippen LogP contribution < -0.4 is 26.4 Å². The SMILES string of the molecule is CC(=O)N1CCC(c2cc3c(N[C@H](C)c4cc(N)cc(C(F)(F)F)c4)nc(C)nc3cc2OCCCCCCCCCC(=O)N[C@H](C(=O)N2C[C@H](O)C[C@H]2C(=O)N[C@@H](C)c2ccc(-c3scnc3C)cc2)C(C)(C)C)CC1. The Bertz CT molecular complexity index is 2860. The summed E-state index contributed by atoms with van der Waals surface area (Å²) in [5, 5.41) is 20.8. The maximum absolute atomic E-state index is 14.2. The molecule has 77 heavy (non-hydrogen) atoms. The number of hydrogen-bond donors (Lipinski definition) is 5. The molecule has 0 spiro atoms. The van der Waals surface area contributed by atoms with Gasteiger partial charge in [-0.3, -0.25) is 19.2 Å².